The topological polar surface area (TPSA) is 61.6 Å². The number of hydrogen-bond donors (Lipinski definition) is 1. The lowest BCUT2D eigenvalue weighted by atomic mass is 10.0. The SMILES string of the molecule is CCCCCCc1cccc(-c2nc(CCCO)c(C(=O)N3CCC(N4CCCC4)CC3)n2C)c1. The number of aliphatic hydroxyl groups is 1. The van der Waals surface area contributed by atoms with Gasteiger partial charge in [0.2, 0.25) is 0 Å². The molecule has 3 heterocycles. The molecule has 6 nitrogen and oxygen atoms in total. The zero-order valence-electron chi connectivity index (χ0n) is 21.8. The molecule has 1 aromatic carbocycles. The van der Waals surface area contributed by atoms with E-state index in [1.54, 1.807) is 0 Å². The van der Waals surface area contributed by atoms with Crippen molar-refractivity contribution in [1.29, 1.82) is 0 Å². The van der Waals surface area contributed by atoms with E-state index in [0.717, 1.165) is 49.4 Å². The van der Waals surface area contributed by atoms with Crippen LogP contribution < -0.4 is 0 Å². The molecule has 2 saturated heterocycles. The summed E-state index contributed by atoms with van der Waals surface area (Å²) in [6.07, 6.45) is 12.1. The molecule has 6 heteroatoms. The number of amides is 1. The van der Waals surface area contributed by atoms with E-state index in [1.807, 2.05) is 16.5 Å². The number of benzene rings is 1. The standard InChI is InChI=1S/C29H44N4O2/c1-3-4-5-6-11-23-12-9-13-24(22-23)28-30-26(14-10-21-34)27(31(28)2)29(35)33-19-15-25(16-20-33)32-17-7-8-18-32/h9,12-13,22,25,34H,3-8,10-11,14-21H2,1-2H3. The molecule has 2 fully saturated rings. The molecule has 0 spiro atoms. The van der Waals surface area contributed by atoms with E-state index in [1.165, 1.54) is 57.2 Å². The third-order valence-corrected chi connectivity index (χ3v) is 7.85. The Morgan fingerprint density at radius 1 is 1.03 bits per heavy atom. The zero-order chi connectivity index (χ0) is 24.6. The first-order chi connectivity index (χ1) is 17.1. The average molecular weight is 481 g/mol. The molecule has 0 atom stereocenters. The smallest absolute Gasteiger partial charge is 0.272 e. The van der Waals surface area contributed by atoms with Crippen LogP contribution in [-0.2, 0) is 19.9 Å². The van der Waals surface area contributed by atoms with Gasteiger partial charge in [0.1, 0.15) is 11.5 Å². The first kappa shape index (κ1) is 25.9. The van der Waals surface area contributed by atoms with Gasteiger partial charge >= 0.3 is 0 Å². The Kier molecular flexibility index (Phi) is 9.38. The quantitative estimate of drug-likeness (QED) is 0.468. The number of unbranched alkanes of at least 4 members (excludes halogenated alkanes) is 3. The van der Waals surface area contributed by atoms with Crippen molar-refractivity contribution in [2.75, 3.05) is 32.8 Å². The van der Waals surface area contributed by atoms with Crippen molar-refractivity contribution in [3.8, 4) is 11.4 Å². The van der Waals surface area contributed by atoms with Gasteiger partial charge < -0.3 is 19.5 Å². The third-order valence-electron chi connectivity index (χ3n) is 7.85. The molecule has 0 bridgehead atoms. The second-order valence-corrected chi connectivity index (χ2v) is 10.4. The molecule has 1 amide bonds. The van der Waals surface area contributed by atoms with Gasteiger partial charge in [-0.05, 0) is 76.1 Å². The first-order valence-electron chi connectivity index (χ1n) is 13.9. The highest BCUT2D eigenvalue weighted by atomic mass is 16.3. The van der Waals surface area contributed by atoms with E-state index in [9.17, 15) is 9.90 Å². The van der Waals surface area contributed by atoms with Gasteiger partial charge in [0.15, 0.2) is 0 Å². The predicted octanol–water partition coefficient (Wildman–Crippen LogP) is 4.84. The number of carbonyl (C=O) groups is 1. The van der Waals surface area contributed by atoms with Crippen molar-refractivity contribution in [2.45, 2.75) is 83.6 Å². The molecule has 0 unspecified atom stereocenters. The molecular weight excluding hydrogens is 436 g/mol. The normalized spacial score (nSPS) is 17.4. The van der Waals surface area contributed by atoms with Crippen LogP contribution in [0.2, 0.25) is 0 Å². The number of piperidine rings is 1. The number of hydrogen-bond acceptors (Lipinski definition) is 4. The summed E-state index contributed by atoms with van der Waals surface area (Å²) >= 11 is 0. The molecular formula is C29H44N4O2. The summed E-state index contributed by atoms with van der Waals surface area (Å²) in [4.78, 5) is 23.3. The lowest BCUT2D eigenvalue weighted by molar-refractivity contribution is 0.0634. The fraction of sp³-hybridized carbons (Fsp3) is 0.655. The van der Waals surface area contributed by atoms with Gasteiger partial charge in [0.05, 0.1) is 5.69 Å². The summed E-state index contributed by atoms with van der Waals surface area (Å²) in [5, 5.41) is 9.45. The third kappa shape index (κ3) is 6.34. The van der Waals surface area contributed by atoms with Crippen LogP contribution in [0.4, 0.5) is 0 Å². The van der Waals surface area contributed by atoms with Crippen molar-refractivity contribution >= 4 is 5.91 Å². The summed E-state index contributed by atoms with van der Waals surface area (Å²) < 4.78 is 2.00. The van der Waals surface area contributed by atoms with E-state index >= 15 is 0 Å². The van der Waals surface area contributed by atoms with Gasteiger partial charge in [-0.2, -0.15) is 0 Å². The van der Waals surface area contributed by atoms with Gasteiger partial charge in [-0.25, -0.2) is 4.98 Å². The minimum atomic E-state index is 0.0924. The average Bonchev–Trinajstić information content (AvgIpc) is 3.54. The van der Waals surface area contributed by atoms with E-state index in [4.69, 9.17) is 4.98 Å². The summed E-state index contributed by atoms with van der Waals surface area (Å²) in [6.45, 7) is 6.40. The Morgan fingerprint density at radius 2 is 1.80 bits per heavy atom. The van der Waals surface area contributed by atoms with Gasteiger partial charge in [-0.1, -0.05) is 44.4 Å². The van der Waals surface area contributed by atoms with Crippen molar-refractivity contribution in [2.24, 2.45) is 7.05 Å². The molecule has 0 radical (unpaired) electrons. The Bertz CT molecular complexity index is 956. The second kappa shape index (κ2) is 12.7. The van der Waals surface area contributed by atoms with Crippen LogP contribution in [0.3, 0.4) is 0 Å². The maximum absolute atomic E-state index is 13.7. The monoisotopic (exact) mass is 480 g/mol. The summed E-state index contributed by atoms with van der Waals surface area (Å²) in [7, 11) is 1.98. The van der Waals surface area contributed by atoms with Crippen molar-refractivity contribution in [3.05, 3.63) is 41.2 Å². The minimum Gasteiger partial charge on any atom is -0.396 e. The Hall–Kier alpha value is -2.18. The molecule has 2 aromatic rings. The highest BCUT2D eigenvalue weighted by Gasteiger charge is 2.31. The Balaban J connectivity index is 1.51. The maximum atomic E-state index is 13.7. The van der Waals surface area contributed by atoms with Crippen LogP contribution in [0.15, 0.2) is 24.3 Å². The van der Waals surface area contributed by atoms with Gasteiger partial charge in [-0.3, -0.25) is 4.79 Å². The Morgan fingerprint density at radius 3 is 2.51 bits per heavy atom. The van der Waals surface area contributed by atoms with Crippen LogP contribution in [0, 0.1) is 0 Å². The molecule has 4 rings (SSSR count). The van der Waals surface area contributed by atoms with E-state index in [2.05, 4.69) is 36.1 Å². The zero-order valence-corrected chi connectivity index (χ0v) is 21.8. The molecule has 2 aliphatic rings. The number of imidazole rings is 1. The number of aromatic nitrogens is 2. The molecule has 2 aliphatic heterocycles. The molecule has 35 heavy (non-hydrogen) atoms. The van der Waals surface area contributed by atoms with Crippen molar-refractivity contribution < 1.29 is 9.90 Å². The van der Waals surface area contributed by atoms with Crippen molar-refractivity contribution in [1.82, 2.24) is 19.4 Å². The Labute approximate surface area is 211 Å². The van der Waals surface area contributed by atoms with Crippen LogP contribution >= 0.6 is 0 Å². The highest BCUT2D eigenvalue weighted by Crippen LogP contribution is 2.27. The van der Waals surface area contributed by atoms with Crippen LogP contribution in [0.25, 0.3) is 11.4 Å². The fourth-order valence-corrected chi connectivity index (χ4v) is 5.81. The largest absolute Gasteiger partial charge is 0.396 e. The van der Waals surface area contributed by atoms with Crippen LogP contribution in [-0.4, -0.2) is 69.2 Å². The summed E-state index contributed by atoms with van der Waals surface area (Å²) in [5.41, 5.74) is 3.91. The van der Waals surface area contributed by atoms with Gasteiger partial charge in [0.25, 0.3) is 5.91 Å². The number of nitrogens with zero attached hydrogens (tertiary/aromatic N) is 4. The van der Waals surface area contributed by atoms with Crippen LogP contribution in [0.1, 0.15) is 86.5 Å². The van der Waals surface area contributed by atoms with Gasteiger partial charge in [-0.15, -0.1) is 0 Å². The molecule has 0 saturated carbocycles. The fourth-order valence-electron chi connectivity index (χ4n) is 5.81. The molecule has 1 aromatic heterocycles. The molecule has 1 N–H and O–H groups in total. The van der Waals surface area contributed by atoms with Crippen molar-refractivity contribution in [3.63, 3.8) is 0 Å². The number of aryl methyl sites for hydroxylation is 2. The molecule has 192 valence electrons. The second-order valence-electron chi connectivity index (χ2n) is 10.4. The first-order valence-corrected chi connectivity index (χ1v) is 13.9. The van der Waals surface area contributed by atoms with E-state index in [-0.39, 0.29) is 12.5 Å². The number of rotatable bonds is 11. The van der Waals surface area contributed by atoms with E-state index in [0.29, 0.717) is 24.6 Å². The lowest BCUT2D eigenvalue weighted by Crippen LogP contribution is -2.46. The molecule has 0 aliphatic carbocycles. The van der Waals surface area contributed by atoms with Gasteiger partial charge in [0, 0.05) is 38.3 Å². The predicted molar refractivity (Wildman–Crippen MR) is 142 cm³/mol. The summed E-state index contributed by atoms with van der Waals surface area (Å²) in [5.74, 6) is 0.943. The number of carbonyl (C=O) groups excluding carboxylic acids is 1. The number of likely N-dealkylation sites (tertiary alicyclic amines) is 2. The van der Waals surface area contributed by atoms with Crippen LogP contribution in [0.5, 0.6) is 0 Å². The van der Waals surface area contributed by atoms with E-state index < -0.39 is 0 Å². The highest BCUT2D eigenvalue weighted by molar-refractivity contribution is 5.94. The maximum Gasteiger partial charge on any atom is 0.272 e. The number of aliphatic hydroxyl groups excluding tert-OH is 1. The minimum absolute atomic E-state index is 0.0924. The lowest BCUT2D eigenvalue weighted by Gasteiger charge is -2.36. The summed E-state index contributed by atoms with van der Waals surface area (Å²) in [6, 6.07) is 9.26.